The van der Waals surface area contributed by atoms with Gasteiger partial charge in [-0.05, 0) is 25.5 Å². The van der Waals surface area contributed by atoms with Crippen LogP contribution >= 0.6 is 0 Å². The average molecular weight is 314 g/mol. The van der Waals surface area contributed by atoms with Crippen molar-refractivity contribution >= 4 is 16.9 Å². The highest BCUT2D eigenvalue weighted by Crippen LogP contribution is 2.17. The number of rotatable bonds is 6. The van der Waals surface area contributed by atoms with Crippen molar-refractivity contribution in [2.24, 2.45) is 0 Å². The van der Waals surface area contributed by atoms with E-state index in [1.54, 1.807) is 6.07 Å². The minimum atomic E-state index is -0.305. The van der Waals surface area contributed by atoms with Crippen molar-refractivity contribution in [3.8, 4) is 0 Å². The van der Waals surface area contributed by atoms with Crippen LogP contribution in [0.1, 0.15) is 28.5 Å². The van der Waals surface area contributed by atoms with Gasteiger partial charge in [-0.15, -0.1) is 0 Å². The first-order valence-corrected chi connectivity index (χ1v) is 7.45. The third-order valence-electron chi connectivity index (χ3n) is 3.57. The quantitative estimate of drug-likeness (QED) is 0.672. The van der Waals surface area contributed by atoms with Crippen molar-refractivity contribution in [3.05, 3.63) is 47.6 Å². The van der Waals surface area contributed by atoms with E-state index in [0.717, 1.165) is 16.9 Å². The number of carbonyl (C=O) groups is 1. The molecule has 0 fully saturated rings. The molecule has 0 aliphatic rings. The van der Waals surface area contributed by atoms with Gasteiger partial charge in [0.05, 0.1) is 17.6 Å². The molecular weight excluding hydrogens is 296 g/mol. The molecule has 1 aromatic carbocycles. The van der Waals surface area contributed by atoms with Gasteiger partial charge in [-0.3, -0.25) is 4.79 Å². The van der Waals surface area contributed by atoms with Crippen molar-refractivity contribution < 1.29 is 14.4 Å². The zero-order valence-electron chi connectivity index (χ0n) is 12.8. The number of benzene rings is 1. The molecule has 2 aromatic heterocycles. The zero-order chi connectivity index (χ0) is 16.2. The van der Waals surface area contributed by atoms with Crippen LogP contribution in [0.2, 0.25) is 0 Å². The van der Waals surface area contributed by atoms with Crippen LogP contribution < -0.4 is 5.32 Å². The number of fused-ring (bicyclic) bond motifs is 1. The number of hydrogen-bond donors (Lipinski definition) is 2. The Morgan fingerprint density at radius 3 is 3.04 bits per heavy atom. The minimum absolute atomic E-state index is 0.0390. The predicted octanol–water partition coefficient (Wildman–Crippen LogP) is 1.49. The molecule has 1 amide bonds. The van der Waals surface area contributed by atoms with Crippen molar-refractivity contribution in [1.29, 1.82) is 0 Å². The summed E-state index contributed by atoms with van der Waals surface area (Å²) >= 11 is 0. The second-order valence-corrected chi connectivity index (χ2v) is 5.25. The first-order valence-electron chi connectivity index (χ1n) is 7.45. The highest BCUT2D eigenvalue weighted by Gasteiger charge is 2.14. The topological polar surface area (TPSA) is 93.2 Å². The summed E-state index contributed by atoms with van der Waals surface area (Å²) in [5, 5.41) is 15.2. The lowest BCUT2D eigenvalue weighted by atomic mass is 10.3. The summed E-state index contributed by atoms with van der Waals surface area (Å²) in [7, 11) is 0. The molecule has 0 spiro atoms. The molecule has 2 N–H and O–H groups in total. The summed E-state index contributed by atoms with van der Waals surface area (Å²) in [5.74, 6) is 1.15. The van der Waals surface area contributed by atoms with Crippen LogP contribution in [-0.4, -0.2) is 38.9 Å². The van der Waals surface area contributed by atoms with Crippen molar-refractivity contribution in [1.82, 2.24) is 20.0 Å². The molecule has 2 heterocycles. The van der Waals surface area contributed by atoms with E-state index >= 15 is 0 Å². The summed E-state index contributed by atoms with van der Waals surface area (Å²) in [6.07, 6.45) is 0.511. The zero-order valence-corrected chi connectivity index (χ0v) is 12.8. The third-order valence-corrected chi connectivity index (χ3v) is 3.57. The van der Waals surface area contributed by atoms with E-state index < -0.39 is 0 Å². The standard InChI is InChI=1S/C16H18N4O3/c1-11-18-13-5-2-3-6-15(13)20(11)10-12-9-14(19-23-12)16(22)17-7-4-8-21/h2-3,5-6,9,21H,4,7-8,10H2,1H3,(H,17,22). The Labute approximate surface area is 132 Å². The monoisotopic (exact) mass is 314 g/mol. The van der Waals surface area contributed by atoms with Crippen LogP contribution in [0.15, 0.2) is 34.9 Å². The first-order chi connectivity index (χ1) is 11.2. The molecule has 0 radical (unpaired) electrons. The number of nitrogens with one attached hydrogen (secondary N) is 1. The van der Waals surface area contributed by atoms with E-state index in [0.29, 0.717) is 25.3 Å². The fourth-order valence-electron chi connectivity index (χ4n) is 2.42. The van der Waals surface area contributed by atoms with E-state index in [-0.39, 0.29) is 18.2 Å². The van der Waals surface area contributed by atoms with Crippen LogP contribution in [0.4, 0.5) is 0 Å². The van der Waals surface area contributed by atoms with Gasteiger partial charge in [0.25, 0.3) is 5.91 Å². The molecule has 0 unspecified atom stereocenters. The smallest absolute Gasteiger partial charge is 0.273 e. The second-order valence-electron chi connectivity index (χ2n) is 5.25. The molecule has 7 heteroatoms. The number of imidazole rings is 1. The predicted molar refractivity (Wildman–Crippen MR) is 84.1 cm³/mol. The van der Waals surface area contributed by atoms with Crippen LogP contribution in [0, 0.1) is 6.92 Å². The minimum Gasteiger partial charge on any atom is -0.396 e. The first kappa shape index (κ1) is 15.2. The van der Waals surface area contributed by atoms with Crippen molar-refractivity contribution in [2.75, 3.05) is 13.2 Å². The molecule has 0 aliphatic carbocycles. The maximum absolute atomic E-state index is 11.9. The fraction of sp³-hybridized carbons (Fsp3) is 0.312. The van der Waals surface area contributed by atoms with Gasteiger partial charge >= 0.3 is 0 Å². The second kappa shape index (κ2) is 6.62. The number of nitrogens with zero attached hydrogens (tertiary/aromatic N) is 3. The molecular formula is C16H18N4O3. The summed E-state index contributed by atoms with van der Waals surface area (Å²) in [5.41, 5.74) is 2.17. The normalized spacial score (nSPS) is 11.0. The number of aromatic nitrogens is 3. The Balaban J connectivity index is 1.76. The third kappa shape index (κ3) is 3.24. The lowest BCUT2D eigenvalue weighted by molar-refractivity contribution is 0.0942. The Morgan fingerprint density at radius 2 is 2.22 bits per heavy atom. The summed E-state index contributed by atoms with van der Waals surface area (Å²) in [4.78, 5) is 16.4. The van der Waals surface area contributed by atoms with Crippen LogP contribution in [0.25, 0.3) is 11.0 Å². The van der Waals surface area contributed by atoms with Gasteiger partial charge in [0, 0.05) is 19.2 Å². The number of para-hydroxylation sites is 2. The largest absolute Gasteiger partial charge is 0.396 e. The number of aryl methyl sites for hydroxylation is 1. The van der Waals surface area contributed by atoms with Gasteiger partial charge < -0.3 is 19.5 Å². The van der Waals surface area contributed by atoms with Crippen LogP contribution in [0.5, 0.6) is 0 Å². The van der Waals surface area contributed by atoms with Gasteiger partial charge in [0.15, 0.2) is 11.5 Å². The van der Waals surface area contributed by atoms with E-state index in [2.05, 4.69) is 15.5 Å². The maximum atomic E-state index is 11.9. The summed E-state index contributed by atoms with van der Waals surface area (Å²) in [6.45, 7) is 2.84. The number of aliphatic hydroxyl groups excluding tert-OH is 1. The number of amides is 1. The van der Waals surface area contributed by atoms with Crippen LogP contribution in [0.3, 0.4) is 0 Å². The van der Waals surface area contributed by atoms with E-state index in [4.69, 9.17) is 9.63 Å². The van der Waals surface area contributed by atoms with Gasteiger partial charge in [-0.1, -0.05) is 17.3 Å². The Morgan fingerprint density at radius 1 is 1.39 bits per heavy atom. The molecule has 3 aromatic rings. The molecule has 0 saturated heterocycles. The average Bonchev–Trinajstić information content (AvgIpc) is 3.13. The molecule has 120 valence electrons. The van der Waals surface area contributed by atoms with Gasteiger partial charge in [-0.25, -0.2) is 4.98 Å². The fourth-order valence-corrected chi connectivity index (χ4v) is 2.42. The lowest BCUT2D eigenvalue weighted by Gasteiger charge is -2.03. The van der Waals surface area contributed by atoms with Crippen LogP contribution in [-0.2, 0) is 6.54 Å². The van der Waals surface area contributed by atoms with E-state index in [1.807, 2.05) is 35.8 Å². The highest BCUT2D eigenvalue weighted by atomic mass is 16.5. The Bertz CT molecular complexity index is 822. The lowest BCUT2D eigenvalue weighted by Crippen LogP contribution is -2.25. The molecule has 0 aliphatic heterocycles. The van der Waals surface area contributed by atoms with E-state index in [1.165, 1.54) is 0 Å². The molecule has 23 heavy (non-hydrogen) atoms. The van der Waals surface area contributed by atoms with Gasteiger partial charge in [0.1, 0.15) is 5.82 Å². The number of carbonyl (C=O) groups excluding carboxylic acids is 1. The van der Waals surface area contributed by atoms with E-state index in [9.17, 15) is 4.79 Å². The maximum Gasteiger partial charge on any atom is 0.273 e. The van der Waals surface area contributed by atoms with Crippen molar-refractivity contribution in [2.45, 2.75) is 19.9 Å². The Hall–Kier alpha value is -2.67. The van der Waals surface area contributed by atoms with Gasteiger partial charge in [0.2, 0.25) is 0 Å². The molecule has 3 rings (SSSR count). The summed E-state index contributed by atoms with van der Waals surface area (Å²) in [6, 6.07) is 9.48. The molecule has 0 bridgehead atoms. The number of hydrogen-bond acceptors (Lipinski definition) is 5. The molecule has 0 atom stereocenters. The SMILES string of the molecule is Cc1nc2ccccc2n1Cc1cc(C(=O)NCCCO)no1. The molecule has 0 saturated carbocycles. The van der Waals surface area contributed by atoms with Crippen molar-refractivity contribution in [3.63, 3.8) is 0 Å². The summed E-state index contributed by atoms with van der Waals surface area (Å²) < 4.78 is 7.28. The highest BCUT2D eigenvalue weighted by molar-refractivity contribution is 5.92. The number of aliphatic hydroxyl groups is 1. The Kier molecular flexibility index (Phi) is 4.38. The molecule has 7 nitrogen and oxygen atoms in total. The van der Waals surface area contributed by atoms with Gasteiger partial charge in [-0.2, -0.15) is 0 Å².